The third kappa shape index (κ3) is 2.74. The third-order valence-electron chi connectivity index (χ3n) is 3.99. The normalized spacial score (nSPS) is 11.4. The summed E-state index contributed by atoms with van der Waals surface area (Å²) in [6.45, 7) is 0. The zero-order chi connectivity index (χ0) is 17.2. The number of ether oxygens (including phenoxy) is 1. The van der Waals surface area contributed by atoms with E-state index >= 15 is 0 Å². The molecule has 0 aliphatic rings. The summed E-state index contributed by atoms with van der Waals surface area (Å²) in [6.07, 6.45) is 1.65. The number of phenolic OH excluding ortho intramolecular Hbond substituents is 1. The topological polar surface area (TPSA) is 82.5 Å². The molecule has 1 aromatic heterocycles. The van der Waals surface area contributed by atoms with E-state index in [1.54, 1.807) is 25.5 Å². The van der Waals surface area contributed by atoms with Gasteiger partial charge in [0.25, 0.3) is 0 Å². The maximum atomic E-state index is 10.2. The molecule has 0 bridgehead atoms. The fraction of sp³-hybridized carbons (Fsp3) is 0.0526. The van der Waals surface area contributed by atoms with E-state index in [0.29, 0.717) is 17.1 Å². The number of para-hydroxylation sites is 2. The number of rotatable bonds is 4. The number of aromatic nitrogens is 2. The monoisotopic (exact) mass is 332 g/mol. The second kappa shape index (κ2) is 6.16. The molecule has 6 nitrogen and oxygen atoms in total. The highest BCUT2D eigenvalue weighted by molar-refractivity contribution is 6.05. The summed E-state index contributed by atoms with van der Waals surface area (Å²) in [6, 6.07) is 16.8. The Bertz CT molecular complexity index is 1050. The first-order valence-corrected chi connectivity index (χ1v) is 7.79. The van der Waals surface area contributed by atoms with Crippen molar-refractivity contribution in [1.29, 1.82) is 0 Å². The first-order valence-electron chi connectivity index (χ1n) is 7.79. The lowest BCUT2D eigenvalue weighted by atomic mass is 10.0. The molecule has 0 atom stereocenters. The first-order chi connectivity index (χ1) is 12.3. The lowest BCUT2D eigenvalue weighted by Crippen LogP contribution is -1.94. The van der Waals surface area contributed by atoms with Gasteiger partial charge in [-0.25, -0.2) is 10.4 Å². The summed E-state index contributed by atoms with van der Waals surface area (Å²) in [5.41, 5.74) is 5.47. The van der Waals surface area contributed by atoms with Crippen molar-refractivity contribution in [3.8, 4) is 11.5 Å². The number of hydrogen-bond acceptors (Lipinski definition) is 5. The minimum atomic E-state index is 0.182. The lowest BCUT2D eigenvalue weighted by molar-refractivity contribution is 0.419. The molecule has 3 N–H and O–H groups in total. The maximum absolute atomic E-state index is 10.2. The standard InChI is InChI=1S/C19H16N4O2/c1-25-17-10-9-12(18-13(17)5-4-8-16(18)24)11-20-23-19-21-14-6-2-3-7-15(14)22-19/h2-11,24H,1H3,(H2,21,22,23)/b20-11+. The van der Waals surface area contributed by atoms with Crippen molar-refractivity contribution in [2.45, 2.75) is 0 Å². The van der Waals surface area contributed by atoms with Crippen LogP contribution in [0, 0.1) is 0 Å². The molecule has 4 aromatic rings. The van der Waals surface area contributed by atoms with Gasteiger partial charge in [0.2, 0.25) is 5.95 Å². The maximum Gasteiger partial charge on any atom is 0.222 e. The highest BCUT2D eigenvalue weighted by Crippen LogP contribution is 2.33. The van der Waals surface area contributed by atoms with Crippen molar-refractivity contribution in [3.63, 3.8) is 0 Å². The average molecular weight is 332 g/mol. The summed E-state index contributed by atoms with van der Waals surface area (Å²) in [5, 5.41) is 16.0. The van der Waals surface area contributed by atoms with Gasteiger partial charge in [-0.15, -0.1) is 0 Å². The molecule has 0 saturated heterocycles. The smallest absolute Gasteiger partial charge is 0.222 e. The van der Waals surface area contributed by atoms with Crippen LogP contribution in [0.25, 0.3) is 21.8 Å². The van der Waals surface area contributed by atoms with E-state index in [0.717, 1.165) is 22.0 Å². The van der Waals surface area contributed by atoms with Gasteiger partial charge in [-0.05, 0) is 30.3 Å². The molecule has 0 aliphatic heterocycles. The Kier molecular flexibility index (Phi) is 3.70. The number of nitrogens with zero attached hydrogens (tertiary/aromatic N) is 2. The van der Waals surface area contributed by atoms with Gasteiger partial charge in [-0.3, -0.25) is 0 Å². The van der Waals surface area contributed by atoms with Gasteiger partial charge in [-0.1, -0.05) is 24.3 Å². The Morgan fingerprint density at radius 2 is 2.00 bits per heavy atom. The van der Waals surface area contributed by atoms with Gasteiger partial charge in [0, 0.05) is 16.3 Å². The number of hydrogen-bond donors (Lipinski definition) is 3. The summed E-state index contributed by atoms with van der Waals surface area (Å²) in [7, 11) is 1.61. The van der Waals surface area contributed by atoms with E-state index in [1.807, 2.05) is 42.5 Å². The van der Waals surface area contributed by atoms with Crippen LogP contribution in [0.2, 0.25) is 0 Å². The van der Waals surface area contributed by atoms with Crippen molar-refractivity contribution in [3.05, 3.63) is 60.2 Å². The predicted octanol–water partition coefficient (Wildman–Crippen LogP) is 3.88. The van der Waals surface area contributed by atoms with Gasteiger partial charge in [-0.2, -0.15) is 5.10 Å². The molecule has 4 rings (SSSR count). The number of methoxy groups -OCH3 is 1. The first kappa shape index (κ1) is 15.0. The average Bonchev–Trinajstić information content (AvgIpc) is 3.04. The highest BCUT2D eigenvalue weighted by atomic mass is 16.5. The molecule has 1 heterocycles. The second-order valence-corrected chi connectivity index (χ2v) is 5.53. The van der Waals surface area contributed by atoms with Crippen molar-refractivity contribution < 1.29 is 9.84 Å². The number of imidazole rings is 1. The van der Waals surface area contributed by atoms with Crippen LogP contribution in [-0.2, 0) is 0 Å². The lowest BCUT2D eigenvalue weighted by Gasteiger charge is -2.09. The Labute approximate surface area is 143 Å². The molecule has 0 saturated carbocycles. The Hall–Kier alpha value is -3.54. The molecular weight excluding hydrogens is 316 g/mol. The van der Waals surface area contributed by atoms with Gasteiger partial charge < -0.3 is 14.8 Å². The summed E-state index contributed by atoms with van der Waals surface area (Å²) < 4.78 is 5.36. The highest BCUT2D eigenvalue weighted by Gasteiger charge is 2.09. The number of aromatic hydroxyl groups is 1. The number of anilines is 1. The van der Waals surface area contributed by atoms with Crippen molar-refractivity contribution in [1.82, 2.24) is 9.97 Å². The molecule has 0 radical (unpaired) electrons. The van der Waals surface area contributed by atoms with Crippen LogP contribution >= 0.6 is 0 Å². The van der Waals surface area contributed by atoms with Crippen LogP contribution in [0.3, 0.4) is 0 Å². The fourth-order valence-corrected chi connectivity index (χ4v) is 2.84. The number of hydrazone groups is 1. The number of H-pyrrole nitrogens is 1. The van der Waals surface area contributed by atoms with E-state index < -0.39 is 0 Å². The zero-order valence-corrected chi connectivity index (χ0v) is 13.5. The van der Waals surface area contributed by atoms with Crippen LogP contribution in [0.15, 0.2) is 59.7 Å². The van der Waals surface area contributed by atoms with E-state index in [-0.39, 0.29) is 5.75 Å². The largest absolute Gasteiger partial charge is 0.507 e. The zero-order valence-electron chi connectivity index (χ0n) is 13.5. The van der Waals surface area contributed by atoms with Crippen LogP contribution in [-0.4, -0.2) is 28.4 Å². The van der Waals surface area contributed by atoms with Crippen molar-refractivity contribution in [2.75, 3.05) is 12.5 Å². The molecule has 3 aromatic carbocycles. The van der Waals surface area contributed by atoms with Crippen LogP contribution < -0.4 is 10.2 Å². The third-order valence-corrected chi connectivity index (χ3v) is 3.99. The number of nitrogens with one attached hydrogen (secondary N) is 2. The van der Waals surface area contributed by atoms with Crippen LogP contribution in [0.1, 0.15) is 5.56 Å². The van der Waals surface area contributed by atoms with Gasteiger partial charge in [0.1, 0.15) is 11.5 Å². The van der Waals surface area contributed by atoms with Crippen LogP contribution in [0.5, 0.6) is 11.5 Å². The van der Waals surface area contributed by atoms with E-state index in [4.69, 9.17) is 4.74 Å². The Morgan fingerprint density at radius 3 is 2.84 bits per heavy atom. The summed E-state index contributed by atoms with van der Waals surface area (Å²) in [4.78, 5) is 7.54. The molecule has 0 spiro atoms. The number of aromatic amines is 1. The molecule has 0 fully saturated rings. The Morgan fingerprint density at radius 1 is 1.12 bits per heavy atom. The van der Waals surface area contributed by atoms with E-state index in [2.05, 4.69) is 20.5 Å². The Balaban J connectivity index is 1.67. The molecule has 0 unspecified atom stereocenters. The van der Waals surface area contributed by atoms with Gasteiger partial charge >= 0.3 is 0 Å². The van der Waals surface area contributed by atoms with E-state index in [1.165, 1.54) is 0 Å². The SMILES string of the molecule is COc1ccc(/C=N/Nc2nc3ccccc3[nH]2)c2c(O)cccc12. The minimum Gasteiger partial charge on any atom is -0.507 e. The number of phenols is 1. The van der Waals surface area contributed by atoms with Crippen molar-refractivity contribution in [2.24, 2.45) is 5.10 Å². The number of benzene rings is 3. The number of fused-ring (bicyclic) bond motifs is 2. The second-order valence-electron chi connectivity index (χ2n) is 5.53. The summed E-state index contributed by atoms with van der Waals surface area (Å²) >= 11 is 0. The molecule has 0 aliphatic carbocycles. The van der Waals surface area contributed by atoms with Gasteiger partial charge in [0.15, 0.2) is 0 Å². The minimum absolute atomic E-state index is 0.182. The van der Waals surface area contributed by atoms with Crippen LogP contribution in [0.4, 0.5) is 5.95 Å². The van der Waals surface area contributed by atoms with Gasteiger partial charge in [0.05, 0.1) is 24.4 Å². The summed E-state index contributed by atoms with van der Waals surface area (Å²) in [5.74, 6) is 1.44. The molecular formula is C19H16N4O2. The quantitative estimate of drug-likeness (QED) is 0.391. The fourth-order valence-electron chi connectivity index (χ4n) is 2.84. The predicted molar refractivity (Wildman–Crippen MR) is 99.5 cm³/mol. The molecule has 6 heteroatoms. The molecule has 25 heavy (non-hydrogen) atoms. The van der Waals surface area contributed by atoms with Crippen molar-refractivity contribution >= 4 is 34.0 Å². The molecule has 124 valence electrons. The molecule has 0 amide bonds. The van der Waals surface area contributed by atoms with E-state index in [9.17, 15) is 5.11 Å².